The maximum atomic E-state index is 6.31. The van der Waals surface area contributed by atoms with E-state index in [9.17, 15) is 0 Å². The van der Waals surface area contributed by atoms with Crippen LogP contribution in [-0.4, -0.2) is 10.2 Å². The van der Waals surface area contributed by atoms with E-state index in [4.69, 9.17) is 4.42 Å². The normalized spacial score (nSPS) is 14.7. The molecule has 2 aliphatic rings. The molecule has 0 unspecified atom stereocenters. The molecule has 0 aliphatic heterocycles. The first kappa shape index (κ1) is 27.7. The highest BCUT2D eigenvalue weighted by atomic mass is 16.4. The Labute approximate surface area is 275 Å². The molecule has 0 radical (unpaired) electrons. The van der Waals surface area contributed by atoms with Crippen molar-refractivity contribution in [3.8, 4) is 67.4 Å². The molecule has 6 aromatic carbocycles. The van der Waals surface area contributed by atoms with E-state index in [1.165, 1.54) is 55.6 Å². The third kappa shape index (κ3) is 4.19. The fourth-order valence-corrected chi connectivity index (χ4v) is 7.89. The summed E-state index contributed by atoms with van der Waals surface area (Å²) in [6.07, 6.45) is 0. The minimum Gasteiger partial charge on any atom is -0.416 e. The van der Waals surface area contributed by atoms with Crippen molar-refractivity contribution in [1.82, 2.24) is 10.2 Å². The van der Waals surface area contributed by atoms with E-state index >= 15 is 0 Å². The molecule has 0 bridgehead atoms. The van der Waals surface area contributed by atoms with Crippen molar-refractivity contribution in [3.05, 3.63) is 156 Å². The first-order chi connectivity index (χ1) is 22.8. The fraction of sp³-hybridized carbons (Fsp3) is 0.136. The molecule has 0 saturated carbocycles. The largest absolute Gasteiger partial charge is 0.416 e. The minimum atomic E-state index is -0.0833. The van der Waals surface area contributed by atoms with Gasteiger partial charge in [0.25, 0.3) is 0 Å². The zero-order chi connectivity index (χ0) is 31.9. The van der Waals surface area contributed by atoms with Crippen molar-refractivity contribution < 1.29 is 4.42 Å². The molecule has 0 spiro atoms. The van der Waals surface area contributed by atoms with Gasteiger partial charge in [0.15, 0.2) is 0 Å². The van der Waals surface area contributed by atoms with Crippen molar-refractivity contribution in [1.29, 1.82) is 0 Å². The van der Waals surface area contributed by atoms with Crippen LogP contribution < -0.4 is 0 Å². The van der Waals surface area contributed by atoms with E-state index in [0.717, 1.165) is 22.3 Å². The Morgan fingerprint density at radius 3 is 1.32 bits per heavy atom. The maximum absolute atomic E-state index is 6.31. The predicted octanol–water partition coefficient (Wildman–Crippen LogP) is 11.4. The van der Waals surface area contributed by atoms with Crippen molar-refractivity contribution in [2.45, 2.75) is 38.5 Å². The Kier molecular flexibility index (Phi) is 5.89. The topological polar surface area (TPSA) is 38.9 Å². The zero-order valence-electron chi connectivity index (χ0n) is 27.0. The summed E-state index contributed by atoms with van der Waals surface area (Å²) in [5.74, 6) is 1.02. The van der Waals surface area contributed by atoms with E-state index in [-0.39, 0.29) is 10.8 Å². The standard InChI is InChI=1S/C44H34N2O/c1-43(2)37-16-10-8-14-33(37)35-20-18-28(25-39(35)43)30-22-31(24-32(23-30)42-46-45-41(47-42)27-12-6-5-7-13-27)29-19-21-36-34-15-9-11-17-38(34)44(3,4)40(36)26-29/h5-26H,1-4H3. The lowest BCUT2D eigenvalue weighted by molar-refractivity contribution is 0.584. The van der Waals surface area contributed by atoms with Crippen LogP contribution in [0.3, 0.4) is 0 Å². The third-order valence-electron chi connectivity index (χ3n) is 10.5. The van der Waals surface area contributed by atoms with Gasteiger partial charge in [0.2, 0.25) is 11.8 Å². The number of benzene rings is 6. The molecule has 3 heteroatoms. The molecule has 1 heterocycles. The van der Waals surface area contributed by atoms with Crippen LogP contribution in [0.5, 0.6) is 0 Å². The summed E-state index contributed by atoms with van der Waals surface area (Å²) in [6, 6.07) is 48.1. The van der Waals surface area contributed by atoms with Crippen molar-refractivity contribution in [2.75, 3.05) is 0 Å². The van der Waals surface area contributed by atoms with Gasteiger partial charge in [-0.25, -0.2) is 0 Å². The summed E-state index contributed by atoms with van der Waals surface area (Å²) >= 11 is 0. The number of aromatic nitrogens is 2. The summed E-state index contributed by atoms with van der Waals surface area (Å²) in [6.45, 7) is 9.32. The number of nitrogens with zero attached hydrogens (tertiary/aromatic N) is 2. The number of hydrogen-bond acceptors (Lipinski definition) is 3. The van der Waals surface area contributed by atoms with Gasteiger partial charge in [0.1, 0.15) is 0 Å². The van der Waals surface area contributed by atoms with E-state index in [0.29, 0.717) is 11.8 Å². The van der Waals surface area contributed by atoms with Gasteiger partial charge in [-0.2, -0.15) is 0 Å². The van der Waals surface area contributed by atoms with Crippen LogP contribution in [0.4, 0.5) is 0 Å². The lowest BCUT2D eigenvalue weighted by Gasteiger charge is -2.22. The lowest BCUT2D eigenvalue weighted by Crippen LogP contribution is -2.15. The molecule has 9 rings (SSSR count). The Balaban J connectivity index is 1.21. The van der Waals surface area contributed by atoms with Gasteiger partial charge < -0.3 is 4.42 Å². The molecular weight excluding hydrogens is 572 g/mol. The minimum absolute atomic E-state index is 0.0833. The summed E-state index contributed by atoms with van der Waals surface area (Å²) < 4.78 is 6.31. The van der Waals surface area contributed by atoms with Crippen LogP contribution >= 0.6 is 0 Å². The molecule has 2 aliphatic carbocycles. The quantitative estimate of drug-likeness (QED) is 0.200. The lowest BCUT2D eigenvalue weighted by atomic mass is 9.81. The summed E-state index contributed by atoms with van der Waals surface area (Å²) in [7, 11) is 0. The first-order valence-corrected chi connectivity index (χ1v) is 16.3. The molecule has 0 saturated heterocycles. The molecule has 226 valence electrons. The highest BCUT2D eigenvalue weighted by molar-refractivity contribution is 5.87. The average molecular weight is 607 g/mol. The van der Waals surface area contributed by atoms with Crippen LogP contribution in [-0.2, 0) is 10.8 Å². The van der Waals surface area contributed by atoms with Gasteiger partial charge >= 0.3 is 0 Å². The summed E-state index contributed by atoms with van der Waals surface area (Å²) in [4.78, 5) is 0. The van der Waals surface area contributed by atoms with Gasteiger partial charge in [-0.1, -0.05) is 119 Å². The molecule has 0 atom stereocenters. The molecule has 3 nitrogen and oxygen atoms in total. The third-order valence-corrected chi connectivity index (χ3v) is 10.5. The SMILES string of the molecule is CC1(C)c2ccccc2-c2ccc(-c3cc(-c4ccc5c(c4)C(C)(C)c4ccccc4-5)cc(-c4nnc(-c5ccccc5)o4)c3)cc21. The first-order valence-electron chi connectivity index (χ1n) is 16.3. The van der Waals surface area contributed by atoms with Crippen LogP contribution in [0.25, 0.3) is 67.4 Å². The Morgan fingerprint density at radius 2 is 0.787 bits per heavy atom. The number of rotatable bonds is 4. The summed E-state index contributed by atoms with van der Waals surface area (Å²) in [5, 5.41) is 8.96. The van der Waals surface area contributed by atoms with Gasteiger partial charge in [0, 0.05) is 22.0 Å². The second-order valence-electron chi connectivity index (χ2n) is 13.9. The maximum Gasteiger partial charge on any atom is 0.248 e. The van der Waals surface area contributed by atoms with Crippen molar-refractivity contribution in [2.24, 2.45) is 0 Å². The second kappa shape index (κ2) is 9.98. The molecular formula is C44H34N2O. The highest BCUT2D eigenvalue weighted by Gasteiger charge is 2.36. The molecule has 1 aromatic heterocycles. The van der Waals surface area contributed by atoms with E-state index in [1.807, 2.05) is 30.3 Å². The Hall–Kier alpha value is -5.54. The van der Waals surface area contributed by atoms with Crippen LogP contribution in [0, 0.1) is 0 Å². The predicted molar refractivity (Wildman–Crippen MR) is 191 cm³/mol. The summed E-state index contributed by atoms with van der Waals surface area (Å²) in [5.41, 5.74) is 17.0. The van der Waals surface area contributed by atoms with Gasteiger partial charge in [-0.05, 0) is 109 Å². The molecule has 0 amide bonds. The molecule has 7 aromatic rings. The van der Waals surface area contributed by atoms with Gasteiger partial charge in [0.05, 0.1) is 0 Å². The van der Waals surface area contributed by atoms with Crippen molar-refractivity contribution in [3.63, 3.8) is 0 Å². The molecule has 0 fully saturated rings. The van der Waals surface area contributed by atoms with E-state index < -0.39 is 0 Å². The van der Waals surface area contributed by atoms with E-state index in [2.05, 4.69) is 141 Å². The van der Waals surface area contributed by atoms with Gasteiger partial charge in [-0.15, -0.1) is 10.2 Å². The number of hydrogen-bond donors (Lipinski definition) is 0. The second-order valence-corrected chi connectivity index (χ2v) is 13.9. The highest BCUT2D eigenvalue weighted by Crippen LogP contribution is 2.51. The monoisotopic (exact) mass is 606 g/mol. The van der Waals surface area contributed by atoms with Crippen LogP contribution in [0.1, 0.15) is 49.9 Å². The average Bonchev–Trinajstić information content (AvgIpc) is 3.76. The van der Waals surface area contributed by atoms with Crippen molar-refractivity contribution >= 4 is 0 Å². The molecule has 47 heavy (non-hydrogen) atoms. The Morgan fingerprint density at radius 1 is 0.362 bits per heavy atom. The Bertz CT molecular complexity index is 2230. The van der Waals surface area contributed by atoms with Crippen LogP contribution in [0.15, 0.2) is 138 Å². The van der Waals surface area contributed by atoms with Gasteiger partial charge in [-0.3, -0.25) is 0 Å². The fourth-order valence-electron chi connectivity index (χ4n) is 7.89. The zero-order valence-corrected chi connectivity index (χ0v) is 27.0. The van der Waals surface area contributed by atoms with E-state index in [1.54, 1.807) is 0 Å². The van der Waals surface area contributed by atoms with Crippen LogP contribution in [0.2, 0.25) is 0 Å². The molecule has 0 N–H and O–H groups in total. The number of fused-ring (bicyclic) bond motifs is 6. The smallest absolute Gasteiger partial charge is 0.248 e.